The number of hydrogen-bond donors (Lipinski definition) is 2. The molecule has 1 aromatic rings. The summed E-state index contributed by atoms with van der Waals surface area (Å²) in [5.41, 5.74) is -0.689. The number of carbonyl (C=O) groups excluding carboxylic acids is 1. The predicted molar refractivity (Wildman–Crippen MR) is 88.0 cm³/mol. The van der Waals surface area contributed by atoms with E-state index in [4.69, 9.17) is 0 Å². The third kappa shape index (κ3) is 7.01. The molecule has 8 heteroatoms. The van der Waals surface area contributed by atoms with Crippen molar-refractivity contribution in [2.45, 2.75) is 23.9 Å². The zero-order chi connectivity index (χ0) is 16.0. The zero-order valence-electron chi connectivity index (χ0n) is 12.5. The Bertz CT molecular complexity index is 508. The van der Waals surface area contributed by atoms with E-state index in [2.05, 4.69) is 10.6 Å². The highest BCUT2D eigenvalue weighted by Crippen LogP contribution is 2.31. The van der Waals surface area contributed by atoms with E-state index in [1.807, 2.05) is 0 Å². The molecule has 1 aromatic carbocycles. The van der Waals surface area contributed by atoms with Crippen LogP contribution in [0.2, 0.25) is 0 Å². The van der Waals surface area contributed by atoms with Gasteiger partial charge in [0.25, 0.3) is 0 Å². The summed E-state index contributed by atoms with van der Waals surface area (Å²) in [6, 6.07) is 5.04. The third-order valence-electron chi connectivity index (χ3n) is 3.52. The molecule has 1 unspecified atom stereocenters. The van der Waals surface area contributed by atoms with Gasteiger partial charge in [-0.25, -0.2) is 0 Å². The van der Waals surface area contributed by atoms with Gasteiger partial charge < -0.3 is 10.6 Å². The lowest BCUT2D eigenvalue weighted by atomic mass is 10.00. The van der Waals surface area contributed by atoms with Crippen molar-refractivity contribution in [3.8, 4) is 0 Å². The number of thioether (sulfide) groups is 1. The van der Waals surface area contributed by atoms with Gasteiger partial charge in [-0.05, 0) is 50.0 Å². The predicted octanol–water partition coefficient (Wildman–Crippen LogP) is 3.34. The quantitative estimate of drug-likeness (QED) is 0.783. The van der Waals surface area contributed by atoms with Crippen molar-refractivity contribution in [1.82, 2.24) is 10.6 Å². The van der Waals surface area contributed by atoms with E-state index in [9.17, 15) is 18.0 Å². The topological polar surface area (TPSA) is 41.1 Å². The van der Waals surface area contributed by atoms with E-state index in [0.717, 1.165) is 49.8 Å². The van der Waals surface area contributed by atoms with Gasteiger partial charge in [-0.3, -0.25) is 4.79 Å². The SMILES string of the molecule is Cl.O=C(CSc1cccc(C(F)(F)F)c1)NCC1CCCNC1. The molecule has 1 aliphatic heterocycles. The molecule has 1 amide bonds. The van der Waals surface area contributed by atoms with E-state index < -0.39 is 11.7 Å². The first-order valence-corrected chi connectivity index (χ1v) is 8.21. The summed E-state index contributed by atoms with van der Waals surface area (Å²) in [5, 5.41) is 6.12. The Labute approximate surface area is 144 Å². The average molecular weight is 369 g/mol. The van der Waals surface area contributed by atoms with Gasteiger partial charge in [-0.2, -0.15) is 13.2 Å². The van der Waals surface area contributed by atoms with Gasteiger partial charge in [0.05, 0.1) is 11.3 Å². The van der Waals surface area contributed by atoms with Crippen LogP contribution in [-0.4, -0.2) is 31.3 Å². The number of piperidine rings is 1. The molecule has 0 aliphatic carbocycles. The van der Waals surface area contributed by atoms with Crippen LogP contribution in [-0.2, 0) is 11.0 Å². The van der Waals surface area contributed by atoms with Gasteiger partial charge in [0.2, 0.25) is 5.91 Å². The Morgan fingerprint density at radius 3 is 2.83 bits per heavy atom. The molecule has 130 valence electrons. The van der Waals surface area contributed by atoms with Crippen LogP contribution in [0.15, 0.2) is 29.2 Å². The molecular weight excluding hydrogens is 349 g/mol. The molecular formula is C15H20ClF3N2OS. The van der Waals surface area contributed by atoms with E-state index in [1.165, 1.54) is 6.07 Å². The van der Waals surface area contributed by atoms with E-state index in [0.29, 0.717) is 17.4 Å². The minimum Gasteiger partial charge on any atom is -0.355 e. The molecule has 0 spiro atoms. The highest BCUT2D eigenvalue weighted by molar-refractivity contribution is 8.00. The zero-order valence-corrected chi connectivity index (χ0v) is 14.1. The minimum atomic E-state index is -4.35. The molecule has 0 bridgehead atoms. The largest absolute Gasteiger partial charge is 0.416 e. The van der Waals surface area contributed by atoms with E-state index >= 15 is 0 Å². The molecule has 2 rings (SSSR count). The summed E-state index contributed by atoms with van der Waals surface area (Å²) < 4.78 is 37.8. The first-order valence-electron chi connectivity index (χ1n) is 7.22. The van der Waals surface area contributed by atoms with Crippen molar-refractivity contribution >= 4 is 30.1 Å². The maximum Gasteiger partial charge on any atom is 0.416 e. The number of hydrogen-bond acceptors (Lipinski definition) is 3. The fourth-order valence-electron chi connectivity index (χ4n) is 2.32. The standard InChI is InChI=1S/C15H19F3N2OS.ClH/c16-15(17,18)12-4-1-5-13(7-12)22-10-14(21)20-9-11-3-2-6-19-8-11;/h1,4-5,7,11,19H,2-3,6,8-10H2,(H,20,21);1H. The first kappa shape index (κ1) is 20.1. The number of amides is 1. The number of rotatable bonds is 5. The lowest BCUT2D eigenvalue weighted by Crippen LogP contribution is -2.38. The number of nitrogens with one attached hydrogen (secondary N) is 2. The highest BCUT2D eigenvalue weighted by atomic mass is 35.5. The monoisotopic (exact) mass is 368 g/mol. The number of benzene rings is 1. The summed E-state index contributed by atoms with van der Waals surface area (Å²) >= 11 is 1.12. The molecule has 1 saturated heterocycles. The van der Waals surface area contributed by atoms with Crippen LogP contribution in [0.5, 0.6) is 0 Å². The van der Waals surface area contributed by atoms with Crippen molar-refractivity contribution in [2.24, 2.45) is 5.92 Å². The molecule has 23 heavy (non-hydrogen) atoms. The Balaban J connectivity index is 0.00000264. The summed E-state index contributed by atoms with van der Waals surface area (Å²) in [6.45, 7) is 2.55. The molecule has 3 nitrogen and oxygen atoms in total. The van der Waals surface area contributed by atoms with Gasteiger partial charge in [0.1, 0.15) is 0 Å². The van der Waals surface area contributed by atoms with Crippen molar-refractivity contribution in [2.75, 3.05) is 25.4 Å². The second-order valence-corrected chi connectivity index (χ2v) is 6.38. The van der Waals surface area contributed by atoms with Gasteiger partial charge in [-0.15, -0.1) is 24.2 Å². The number of alkyl halides is 3. The van der Waals surface area contributed by atoms with Crippen LogP contribution in [0.25, 0.3) is 0 Å². The summed E-state index contributed by atoms with van der Waals surface area (Å²) in [6.07, 6.45) is -2.15. The Morgan fingerprint density at radius 1 is 1.39 bits per heavy atom. The summed E-state index contributed by atoms with van der Waals surface area (Å²) in [5.74, 6) is 0.422. The molecule has 2 N–H and O–H groups in total. The van der Waals surface area contributed by atoms with Crippen molar-refractivity contribution < 1.29 is 18.0 Å². The molecule has 1 fully saturated rings. The second-order valence-electron chi connectivity index (χ2n) is 5.33. The maximum atomic E-state index is 12.6. The fourth-order valence-corrected chi connectivity index (χ4v) is 3.10. The van der Waals surface area contributed by atoms with Gasteiger partial charge in [0, 0.05) is 11.4 Å². The van der Waals surface area contributed by atoms with Crippen LogP contribution in [0.1, 0.15) is 18.4 Å². The normalized spacial score (nSPS) is 18.1. The maximum absolute atomic E-state index is 12.6. The number of halogens is 4. The third-order valence-corrected chi connectivity index (χ3v) is 4.51. The van der Waals surface area contributed by atoms with Crippen LogP contribution < -0.4 is 10.6 Å². The fraction of sp³-hybridized carbons (Fsp3) is 0.533. The minimum absolute atomic E-state index is 0. The average Bonchev–Trinajstić information content (AvgIpc) is 2.51. The molecule has 1 aliphatic rings. The molecule has 0 saturated carbocycles. The van der Waals surface area contributed by atoms with Gasteiger partial charge in [-0.1, -0.05) is 6.07 Å². The lowest BCUT2D eigenvalue weighted by Gasteiger charge is -2.22. The van der Waals surface area contributed by atoms with E-state index in [1.54, 1.807) is 6.07 Å². The highest BCUT2D eigenvalue weighted by Gasteiger charge is 2.30. The van der Waals surface area contributed by atoms with Crippen molar-refractivity contribution in [1.29, 1.82) is 0 Å². The van der Waals surface area contributed by atoms with E-state index in [-0.39, 0.29) is 24.1 Å². The van der Waals surface area contributed by atoms with Crippen molar-refractivity contribution in [3.05, 3.63) is 29.8 Å². The Hall–Kier alpha value is -0.920. The molecule has 0 radical (unpaired) electrons. The summed E-state index contributed by atoms with van der Waals surface area (Å²) in [7, 11) is 0. The smallest absolute Gasteiger partial charge is 0.355 e. The van der Waals surface area contributed by atoms with Crippen LogP contribution >= 0.6 is 24.2 Å². The summed E-state index contributed by atoms with van der Waals surface area (Å²) in [4.78, 5) is 12.2. The van der Waals surface area contributed by atoms with Crippen LogP contribution in [0, 0.1) is 5.92 Å². The second kappa shape index (κ2) is 9.39. The van der Waals surface area contributed by atoms with Gasteiger partial charge >= 0.3 is 6.18 Å². The molecule has 1 atom stereocenters. The molecule has 0 aromatic heterocycles. The van der Waals surface area contributed by atoms with Crippen LogP contribution in [0.3, 0.4) is 0 Å². The van der Waals surface area contributed by atoms with Crippen LogP contribution in [0.4, 0.5) is 13.2 Å². The first-order chi connectivity index (χ1) is 10.4. The number of carbonyl (C=O) groups is 1. The van der Waals surface area contributed by atoms with Crippen molar-refractivity contribution in [3.63, 3.8) is 0 Å². The Morgan fingerprint density at radius 2 is 2.17 bits per heavy atom. The Kier molecular flexibility index (Phi) is 8.22. The van der Waals surface area contributed by atoms with Gasteiger partial charge in [0.15, 0.2) is 0 Å². The molecule has 1 heterocycles. The lowest BCUT2D eigenvalue weighted by molar-refractivity contribution is -0.137.